The molecule has 1 aromatic carbocycles. The molecular weight excluding hydrogens is 316 g/mol. The number of rotatable bonds is 4. The minimum atomic E-state index is 0.534. The molecule has 2 rings (SSSR count). The van der Waals surface area contributed by atoms with Crippen LogP contribution >= 0.6 is 27.5 Å². The number of nitrogens with one attached hydrogen (secondary N) is 1. The van der Waals surface area contributed by atoms with Crippen LogP contribution in [0.15, 0.2) is 40.9 Å². The van der Waals surface area contributed by atoms with Gasteiger partial charge < -0.3 is 10.1 Å². The molecule has 0 spiro atoms. The first kappa shape index (κ1) is 13.3. The van der Waals surface area contributed by atoms with E-state index in [0.29, 0.717) is 17.4 Å². The van der Waals surface area contributed by atoms with Crippen LogP contribution in [0.1, 0.15) is 5.69 Å². The van der Waals surface area contributed by atoms with Crippen LogP contribution in [-0.4, -0.2) is 12.0 Å². The molecule has 0 saturated carbocycles. The normalized spacial score (nSPS) is 10.4. The van der Waals surface area contributed by atoms with Crippen LogP contribution in [0, 0.1) is 0 Å². The fourth-order valence-corrected chi connectivity index (χ4v) is 1.87. The Hall–Kier alpha value is -1.10. The van der Waals surface area contributed by atoms with Crippen molar-refractivity contribution in [2.75, 3.05) is 7.05 Å². The zero-order valence-corrected chi connectivity index (χ0v) is 12.1. The molecule has 0 bridgehead atoms. The average Bonchev–Trinajstić information content (AvgIpc) is 2.37. The molecule has 5 heteroatoms. The summed E-state index contributed by atoms with van der Waals surface area (Å²) in [6.07, 6.45) is 0. The predicted octanol–water partition coefficient (Wildman–Crippen LogP) is 4.01. The molecule has 0 saturated heterocycles. The van der Waals surface area contributed by atoms with Crippen molar-refractivity contribution in [3.8, 4) is 11.6 Å². The van der Waals surface area contributed by atoms with E-state index >= 15 is 0 Å². The highest BCUT2D eigenvalue weighted by Crippen LogP contribution is 2.24. The molecule has 0 aliphatic carbocycles. The van der Waals surface area contributed by atoms with Crippen molar-refractivity contribution in [1.82, 2.24) is 10.3 Å². The summed E-state index contributed by atoms with van der Waals surface area (Å²) in [6.45, 7) is 0.608. The van der Waals surface area contributed by atoms with Crippen LogP contribution in [0.25, 0.3) is 0 Å². The van der Waals surface area contributed by atoms with Crippen molar-refractivity contribution in [2.24, 2.45) is 0 Å². The molecule has 1 heterocycles. The Kier molecular flexibility index (Phi) is 4.58. The molecule has 2 aromatic rings. The highest BCUT2D eigenvalue weighted by molar-refractivity contribution is 9.10. The van der Waals surface area contributed by atoms with Gasteiger partial charge in [0.25, 0.3) is 0 Å². The lowest BCUT2D eigenvalue weighted by molar-refractivity contribution is 0.460. The fraction of sp³-hybridized carbons (Fsp3) is 0.154. The van der Waals surface area contributed by atoms with Gasteiger partial charge in [0.1, 0.15) is 5.75 Å². The minimum Gasteiger partial charge on any atom is -0.439 e. The van der Waals surface area contributed by atoms with E-state index in [4.69, 9.17) is 16.3 Å². The largest absolute Gasteiger partial charge is 0.439 e. The Morgan fingerprint density at radius 3 is 2.61 bits per heavy atom. The molecule has 1 aromatic heterocycles. The summed E-state index contributed by atoms with van der Waals surface area (Å²) in [5.41, 5.74) is 0.772. The highest BCUT2D eigenvalue weighted by Gasteiger charge is 2.05. The highest BCUT2D eigenvalue weighted by atomic mass is 79.9. The fourth-order valence-electron chi connectivity index (χ4n) is 1.44. The number of nitrogens with zero attached hydrogens (tertiary/aromatic N) is 1. The van der Waals surface area contributed by atoms with Crippen LogP contribution in [0.4, 0.5) is 0 Å². The summed E-state index contributed by atoms with van der Waals surface area (Å²) in [6, 6.07) is 11.1. The van der Waals surface area contributed by atoms with E-state index in [1.807, 2.05) is 31.3 Å². The van der Waals surface area contributed by atoms with Crippen LogP contribution in [0.5, 0.6) is 11.6 Å². The van der Waals surface area contributed by atoms with Gasteiger partial charge in [0, 0.05) is 17.1 Å². The number of ether oxygens (including phenoxy) is 1. The Morgan fingerprint density at radius 2 is 1.94 bits per heavy atom. The second-order valence-corrected chi connectivity index (χ2v) is 4.99. The first-order valence-corrected chi connectivity index (χ1v) is 6.59. The first-order valence-electron chi connectivity index (χ1n) is 5.42. The van der Waals surface area contributed by atoms with Gasteiger partial charge in [0.05, 0.1) is 10.7 Å². The molecular formula is C13H12BrClN2O. The summed E-state index contributed by atoms with van der Waals surface area (Å²) in [7, 11) is 1.85. The molecule has 3 nitrogen and oxygen atoms in total. The van der Waals surface area contributed by atoms with Crippen LogP contribution in [0.3, 0.4) is 0 Å². The summed E-state index contributed by atoms with van der Waals surface area (Å²) >= 11 is 9.41. The van der Waals surface area contributed by atoms with Crippen molar-refractivity contribution in [3.63, 3.8) is 0 Å². The molecule has 1 N–H and O–H groups in total. The monoisotopic (exact) mass is 326 g/mol. The minimum absolute atomic E-state index is 0.534. The van der Waals surface area contributed by atoms with E-state index < -0.39 is 0 Å². The van der Waals surface area contributed by atoms with Crippen LogP contribution < -0.4 is 10.1 Å². The maximum Gasteiger partial charge on any atom is 0.219 e. The first-order chi connectivity index (χ1) is 8.69. The van der Waals surface area contributed by atoms with Crippen LogP contribution in [0.2, 0.25) is 5.02 Å². The Labute approximate surface area is 119 Å². The summed E-state index contributed by atoms with van der Waals surface area (Å²) in [5, 5.41) is 3.65. The second-order valence-electron chi connectivity index (χ2n) is 3.66. The molecule has 18 heavy (non-hydrogen) atoms. The van der Waals surface area contributed by atoms with Gasteiger partial charge >= 0.3 is 0 Å². The number of halogens is 2. The van der Waals surface area contributed by atoms with Gasteiger partial charge in [-0.2, -0.15) is 0 Å². The van der Waals surface area contributed by atoms with Crippen LogP contribution in [-0.2, 0) is 6.54 Å². The van der Waals surface area contributed by atoms with Gasteiger partial charge in [-0.3, -0.25) is 0 Å². The molecule has 0 aliphatic heterocycles. The Morgan fingerprint density at radius 1 is 1.22 bits per heavy atom. The van der Waals surface area contributed by atoms with E-state index in [1.54, 1.807) is 12.1 Å². The second kappa shape index (κ2) is 6.18. The molecule has 0 unspecified atom stereocenters. The zero-order chi connectivity index (χ0) is 13.0. The summed E-state index contributed by atoms with van der Waals surface area (Å²) in [4.78, 5) is 4.35. The molecule has 0 fully saturated rings. The van der Waals surface area contributed by atoms with Crippen molar-refractivity contribution >= 4 is 27.5 Å². The standard InChI is InChI=1S/C13H12BrClN2O/c1-16-8-12-11(15)6-7-13(17-12)18-10-4-2-9(14)3-5-10/h2-7,16H,8H2,1H3. The smallest absolute Gasteiger partial charge is 0.219 e. The SMILES string of the molecule is CNCc1nc(Oc2ccc(Br)cc2)ccc1Cl. The lowest BCUT2D eigenvalue weighted by Crippen LogP contribution is -2.07. The van der Waals surface area contributed by atoms with E-state index in [-0.39, 0.29) is 0 Å². The average molecular weight is 328 g/mol. The van der Waals surface area contributed by atoms with E-state index in [0.717, 1.165) is 15.9 Å². The lowest BCUT2D eigenvalue weighted by Gasteiger charge is -2.08. The van der Waals surface area contributed by atoms with Crippen molar-refractivity contribution < 1.29 is 4.74 Å². The van der Waals surface area contributed by atoms with E-state index in [9.17, 15) is 0 Å². The van der Waals surface area contributed by atoms with Gasteiger partial charge in [-0.25, -0.2) is 4.98 Å². The summed E-state index contributed by atoms with van der Waals surface area (Å²) < 4.78 is 6.67. The number of hydrogen-bond acceptors (Lipinski definition) is 3. The van der Waals surface area contributed by atoms with E-state index in [1.165, 1.54) is 0 Å². The third-order valence-corrected chi connectivity index (χ3v) is 3.15. The number of aromatic nitrogens is 1. The maximum absolute atomic E-state index is 6.03. The molecule has 0 atom stereocenters. The lowest BCUT2D eigenvalue weighted by atomic mass is 10.3. The van der Waals surface area contributed by atoms with Gasteiger partial charge in [-0.15, -0.1) is 0 Å². The third-order valence-electron chi connectivity index (χ3n) is 2.27. The molecule has 94 valence electrons. The van der Waals surface area contributed by atoms with Crippen molar-refractivity contribution in [2.45, 2.75) is 6.54 Å². The topological polar surface area (TPSA) is 34.2 Å². The van der Waals surface area contributed by atoms with E-state index in [2.05, 4.69) is 26.2 Å². The number of pyridine rings is 1. The quantitative estimate of drug-likeness (QED) is 0.921. The van der Waals surface area contributed by atoms with Crippen molar-refractivity contribution in [3.05, 3.63) is 51.6 Å². The Balaban J connectivity index is 2.18. The number of benzene rings is 1. The molecule has 0 amide bonds. The molecule has 0 aliphatic rings. The van der Waals surface area contributed by atoms with Gasteiger partial charge in [-0.1, -0.05) is 27.5 Å². The van der Waals surface area contributed by atoms with Gasteiger partial charge in [-0.05, 0) is 37.4 Å². The van der Waals surface area contributed by atoms with Gasteiger partial charge in [0.2, 0.25) is 5.88 Å². The van der Waals surface area contributed by atoms with Gasteiger partial charge in [0.15, 0.2) is 0 Å². The zero-order valence-electron chi connectivity index (χ0n) is 9.78. The molecule has 0 radical (unpaired) electrons. The number of hydrogen-bond donors (Lipinski definition) is 1. The third kappa shape index (κ3) is 3.45. The maximum atomic E-state index is 6.03. The Bertz CT molecular complexity index is 531. The predicted molar refractivity (Wildman–Crippen MR) is 76.2 cm³/mol. The van der Waals surface area contributed by atoms with Crippen molar-refractivity contribution in [1.29, 1.82) is 0 Å². The summed E-state index contributed by atoms with van der Waals surface area (Å²) in [5.74, 6) is 1.27.